The lowest BCUT2D eigenvalue weighted by Gasteiger charge is -2.08. The highest BCUT2D eigenvalue weighted by Crippen LogP contribution is 2.34. The van der Waals surface area contributed by atoms with Crippen molar-refractivity contribution in [3.05, 3.63) is 53.5 Å². The number of aromatic amines is 1. The summed E-state index contributed by atoms with van der Waals surface area (Å²) >= 11 is 3.28. The number of aromatic nitrogens is 3. The van der Waals surface area contributed by atoms with E-state index in [0.29, 0.717) is 11.5 Å². The number of rotatable bonds is 6. The summed E-state index contributed by atoms with van der Waals surface area (Å²) in [5.41, 5.74) is 4.09. The zero-order chi connectivity index (χ0) is 17.9. The van der Waals surface area contributed by atoms with Crippen LogP contribution in [0.4, 0.5) is 0 Å². The average molecular weight is 383 g/mol. The number of hydrogen-bond acceptors (Lipinski definition) is 6. The molecule has 0 saturated heterocycles. The molecule has 0 amide bonds. The number of fused-ring (bicyclic) bond motifs is 1. The molecule has 132 valence electrons. The van der Waals surface area contributed by atoms with Gasteiger partial charge in [0.25, 0.3) is 0 Å². The standard InChI is InChI=1S/C19H17N3O2S2/c1-23-16-8-7-12(9-17(16)24-2)18-20-13(10-25-18)11-26-19-21-14-5-3-4-6-15(14)22-19/h3-10H,11H2,1-2H3,(H,21,22). The van der Waals surface area contributed by atoms with Crippen LogP contribution in [0.25, 0.3) is 21.6 Å². The van der Waals surface area contributed by atoms with Gasteiger partial charge in [-0.2, -0.15) is 0 Å². The first-order valence-electron chi connectivity index (χ1n) is 8.01. The van der Waals surface area contributed by atoms with Crippen LogP contribution >= 0.6 is 23.1 Å². The molecular formula is C19H17N3O2S2. The van der Waals surface area contributed by atoms with Gasteiger partial charge in [0.05, 0.1) is 30.9 Å². The SMILES string of the molecule is COc1ccc(-c2nc(CSc3nc4ccccc4[nH]3)cs2)cc1OC. The largest absolute Gasteiger partial charge is 0.493 e. The van der Waals surface area contributed by atoms with Gasteiger partial charge in [-0.3, -0.25) is 0 Å². The van der Waals surface area contributed by atoms with Crippen molar-refractivity contribution in [1.29, 1.82) is 0 Å². The molecular weight excluding hydrogens is 366 g/mol. The smallest absolute Gasteiger partial charge is 0.166 e. The maximum absolute atomic E-state index is 5.37. The van der Waals surface area contributed by atoms with E-state index < -0.39 is 0 Å². The number of nitrogens with one attached hydrogen (secondary N) is 1. The number of para-hydroxylation sites is 2. The van der Waals surface area contributed by atoms with Gasteiger partial charge in [-0.15, -0.1) is 11.3 Å². The number of thiazole rings is 1. The first-order chi connectivity index (χ1) is 12.8. The summed E-state index contributed by atoms with van der Waals surface area (Å²) < 4.78 is 10.7. The third kappa shape index (κ3) is 3.40. The molecule has 2 heterocycles. The highest BCUT2D eigenvalue weighted by atomic mass is 32.2. The van der Waals surface area contributed by atoms with Crippen molar-refractivity contribution in [3.8, 4) is 22.1 Å². The van der Waals surface area contributed by atoms with Crippen molar-refractivity contribution in [1.82, 2.24) is 15.0 Å². The Bertz CT molecular complexity index is 1010. The van der Waals surface area contributed by atoms with E-state index in [-0.39, 0.29) is 0 Å². The van der Waals surface area contributed by atoms with E-state index in [1.54, 1.807) is 37.3 Å². The lowest BCUT2D eigenvalue weighted by atomic mass is 10.2. The Morgan fingerprint density at radius 3 is 2.69 bits per heavy atom. The van der Waals surface area contributed by atoms with Crippen LogP contribution in [0.2, 0.25) is 0 Å². The van der Waals surface area contributed by atoms with E-state index in [4.69, 9.17) is 14.5 Å². The van der Waals surface area contributed by atoms with Gasteiger partial charge in [0.1, 0.15) is 5.01 Å². The summed E-state index contributed by atoms with van der Waals surface area (Å²) in [5.74, 6) is 2.19. The number of hydrogen-bond donors (Lipinski definition) is 1. The van der Waals surface area contributed by atoms with Crippen molar-refractivity contribution in [2.75, 3.05) is 14.2 Å². The van der Waals surface area contributed by atoms with Gasteiger partial charge >= 0.3 is 0 Å². The fourth-order valence-corrected chi connectivity index (χ4v) is 4.31. The number of H-pyrrole nitrogens is 1. The normalized spacial score (nSPS) is 11.0. The molecule has 7 heteroatoms. The van der Waals surface area contributed by atoms with E-state index >= 15 is 0 Å². The maximum Gasteiger partial charge on any atom is 0.166 e. The number of ether oxygens (including phenoxy) is 2. The van der Waals surface area contributed by atoms with Crippen LogP contribution in [0.1, 0.15) is 5.69 Å². The lowest BCUT2D eigenvalue weighted by molar-refractivity contribution is 0.355. The topological polar surface area (TPSA) is 60.0 Å². The van der Waals surface area contributed by atoms with Gasteiger partial charge < -0.3 is 14.5 Å². The molecule has 4 aromatic rings. The summed E-state index contributed by atoms with van der Waals surface area (Å²) in [7, 11) is 3.27. The Hall–Kier alpha value is -2.51. The second kappa shape index (κ2) is 7.39. The second-order valence-electron chi connectivity index (χ2n) is 5.56. The number of thioether (sulfide) groups is 1. The highest BCUT2D eigenvalue weighted by molar-refractivity contribution is 7.98. The van der Waals surface area contributed by atoms with Gasteiger partial charge in [-0.05, 0) is 30.3 Å². The molecule has 5 nitrogen and oxygen atoms in total. The molecule has 0 unspecified atom stereocenters. The van der Waals surface area contributed by atoms with Gasteiger partial charge in [0, 0.05) is 16.7 Å². The molecule has 0 bridgehead atoms. The fraction of sp³-hybridized carbons (Fsp3) is 0.158. The molecule has 0 atom stereocenters. The van der Waals surface area contributed by atoms with Crippen molar-refractivity contribution in [3.63, 3.8) is 0 Å². The van der Waals surface area contributed by atoms with E-state index in [2.05, 4.69) is 15.3 Å². The monoisotopic (exact) mass is 383 g/mol. The molecule has 2 aromatic heterocycles. The fourth-order valence-electron chi connectivity index (χ4n) is 2.62. The van der Waals surface area contributed by atoms with Gasteiger partial charge in [-0.1, -0.05) is 23.9 Å². The van der Waals surface area contributed by atoms with E-state index in [1.165, 1.54) is 0 Å². The van der Waals surface area contributed by atoms with E-state index in [0.717, 1.165) is 38.2 Å². The summed E-state index contributed by atoms with van der Waals surface area (Å²) in [6.07, 6.45) is 0. The minimum atomic E-state index is 0.707. The van der Waals surface area contributed by atoms with Gasteiger partial charge in [-0.25, -0.2) is 9.97 Å². The predicted molar refractivity (Wildman–Crippen MR) is 106 cm³/mol. The molecule has 0 fully saturated rings. The molecule has 0 aliphatic carbocycles. The van der Waals surface area contributed by atoms with Crippen LogP contribution < -0.4 is 9.47 Å². The molecule has 0 aliphatic heterocycles. The van der Waals surface area contributed by atoms with Crippen molar-refractivity contribution in [2.45, 2.75) is 10.9 Å². The van der Waals surface area contributed by atoms with Crippen molar-refractivity contribution in [2.24, 2.45) is 0 Å². The van der Waals surface area contributed by atoms with Crippen LogP contribution in [-0.4, -0.2) is 29.2 Å². The zero-order valence-corrected chi connectivity index (χ0v) is 16.0. The summed E-state index contributed by atoms with van der Waals surface area (Å²) in [4.78, 5) is 12.7. The predicted octanol–water partition coefficient (Wildman–Crippen LogP) is 5.00. The van der Waals surface area contributed by atoms with Gasteiger partial charge in [0.15, 0.2) is 16.7 Å². The number of methoxy groups -OCH3 is 2. The molecule has 0 radical (unpaired) electrons. The molecule has 0 aliphatic rings. The van der Waals surface area contributed by atoms with Crippen molar-refractivity contribution < 1.29 is 9.47 Å². The maximum atomic E-state index is 5.37. The third-order valence-corrected chi connectivity index (χ3v) is 5.75. The summed E-state index contributed by atoms with van der Waals surface area (Å²) in [6, 6.07) is 13.9. The van der Waals surface area contributed by atoms with E-state index in [9.17, 15) is 0 Å². The number of nitrogens with zero attached hydrogens (tertiary/aromatic N) is 2. The Balaban J connectivity index is 1.49. The highest BCUT2D eigenvalue weighted by Gasteiger charge is 2.10. The molecule has 2 aromatic carbocycles. The molecule has 26 heavy (non-hydrogen) atoms. The van der Waals surface area contributed by atoms with Crippen LogP contribution in [-0.2, 0) is 5.75 Å². The Morgan fingerprint density at radius 1 is 1.04 bits per heavy atom. The minimum Gasteiger partial charge on any atom is -0.493 e. The molecule has 4 rings (SSSR count). The molecule has 1 N–H and O–H groups in total. The van der Waals surface area contributed by atoms with Crippen LogP contribution in [0.15, 0.2) is 53.0 Å². The van der Waals surface area contributed by atoms with E-state index in [1.807, 2.05) is 42.5 Å². The number of benzene rings is 2. The van der Waals surface area contributed by atoms with Gasteiger partial charge in [0.2, 0.25) is 0 Å². The van der Waals surface area contributed by atoms with Crippen molar-refractivity contribution >= 4 is 34.1 Å². The van der Waals surface area contributed by atoms with Crippen LogP contribution in [0.3, 0.4) is 0 Å². The zero-order valence-electron chi connectivity index (χ0n) is 14.4. The van der Waals surface area contributed by atoms with Crippen LogP contribution in [0, 0.1) is 0 Å². The Morgan fingerprint density at radius 2 is 1.88 bits per heavy atom. The molecule has 0 spiro atoms. The Labute approximate surface area is 159 Å². The second-order valence-corrected chi connectivity index (χ2v) is 7.38. The third-order valence-electron chi connectivity index (χ3n) is 3.91. The average Bonchev–Trinajstić information content (AvgIpc) is 3.32. The quantitative estimate of drug-likeness (QED) is 0.475. The summed E-state index contributed by atoms with van der Waals surface area (Å²) in [5, 5.41) is 3.96. The lowest BCUT2D eigenvalue weighted by Crippen LogP contribution is -1.90. The summed E-state index contributed by atoms with van der Waals surface area (Å²) in [6.45, 7) is 0. The Kier molecular flexibility index (Phi) is 4.81. The molecule has 0 saturated carbocycles. The van der Waals surface area contributed by atoms with Crippen LogP contribution in [0.5, 0.6) is 11.5 Å². The minimum absolute atomic E-state index is 0.707. The first kappa shape index (κ1) is 16.9. The number of imidazole rings is 1. The first-order valence-corrected chi connectivity index (χ1v) is 9.87.